The maximum Gasteiger partial charge on any atom is 0.422 e. The first-order chi connectivity index (χ1) is 18.4. The van der Waals surface area contributed by atoms with Gasteiger partial charge in [-0.1, -0.05) is 60.7 Å². The number of anilines is 1. The fourth-order valence-corrected chi connectivity index (χ4v) is 4.64. The molecule has 39 heavy (non-hydrogen) atoms. The molecule has 1 aliphatic heterocycles. The van der Waals surface area contributed by atoms with Crippen LogP contribution in [0.25, 0.3) is 11.1 Å². The SMILES string of the molecule is CC(C)(C)OC(=O)N1C(=O)/C(=C(\C[C@@H](CC=O)c2ccc(C(F)(F)F)cc2)c2ccccc2)c2ccccc21. The molecule has 8 heteroatoms. The number of carbonyl (C=O) groups excluding carboxylic acids is 3. The third-order valence-electron chi connectivity index (χ3n) is 6.37. The van der Waals surface area contributed by atoms with Gasteiger partial charge >= 0.3 is 12.3 Å². The largest absolute Gasteiger partial charge is 0.443 e. The molecule has 4 rings (SSSR count). The van der Waals surface area contributed by atoms with Gasteiger partial charge in [0.25, 0.3) is 5.91 Å². The van der Waals surface area contributed by atoms with Crippen molar-refractivity contribution in [2.75, 3.05) is 4.90 Å². The van der Waals surface area contributed by atoms with Gasteiger partial charge < -0.3 is 9.53 Å². The van der Waals surface area contributed by atoms with Crippen molar-refractivity contribution in [3.63, 3.8) is 0 Å². The van der Waals surface area contributed by atoms with Crippen molar-refractivity contribution in [1.29, 1.82) is 0 Å². The highest BCUT2D eigenvalue weighted by Gasteiger charge is 2.41. The van der Waals surface area contributed by atoms with Crippen molar-refractivity contribution < 1.29 is 32.3 Å². The Morgan fingerprint density at radius 1 is 0.923 bits per heavy atom. The average Bonchev–Trinajstić information content (AvgIpc) is 3.17. The molecule has 0 spiro atoms. The number of rotatable bonds is 6. The van der Waals surface area contributed by atoms with E-state index in [0.717, 1.165) is 17.0 Å². The molecule has 1 aliphatic rings. The Morgan fingerprint density at radius 2 is 1.54 bits per heavy atom. The molecule has 0 fully saturated rings. The average molecular weight is 536 g/mol. The molecule has 1 heterocycles. The summed E-state index contributed by atoms with van der Waals surface area (Å²) in [5.74, 6) is -1.08. The predicted octanol–water partition coefficient (Wildman–Crippen LogP) is 7.66. The highest BCUT2D eigenvalue weighted by atomic mass is 19.4. The second-order valence-electron chi connectivity index (χ2n) is 10.3. The number of hydrogen-bond acceptors (Lipinski definition) is 4. The van der Waals surface area contributed by atoms with Crippen molar-refractivity contribution in [1.82, 2.24) is 0 Å². The molecule has 3 aromatic carbocycles. The molecule has 0 N–H and O–H groups in total. The van der Waals surface area contributed by atoms with E-state index in [2.05, 4.69) is 0 Å². The van der Waals surface area contributed by atoms with Crippen LogP contribution in [0.5, 0.6) is 0 Å². The van der Waals surface area contributed by atoms with E-state index in [-0.39, 0.29) is 18.4 Å². The summed E-state index contributed by atoms with van der Waals surface area (Å²) in [6, 6.07) is 20.6. The first kappa shape index (κ1) is 27.8. The van der Waals surface area contributed by atoms with E-state index in [1.54, 1.807) is 57.2 Å². The summed E-state index contributed by atoms with van der Waals surface area (Å²) in [5.41, 5.74) is 1.38. The lowest BCUT2D eigenvalue weighted by molar-refractivity contribution is -0.137. The van der Waals surface area contributed by atoms with Gasteiger partial charge in [0.2, 0.25) is 0 Å². The number of imide groups is 1. The summed E-state index contributed by atoms with van der Waals surface area (Å²) in [7, 11) is 0. The summed E-state index contributed by atoms with van der Waals surface area (Å²) in [6.45, 7) is 5.12. The number of aldehydes is 1. The van der Waals surface area contributed by atoms with Gasteiger partial charge in [-0.05, 0) is 68.0 Å². The van der Waals surface area contributed by atoms with Crippen LogP contribution in [-0.4, -0.2) is 23.9 Å². The first-order valence-corrected chi connectivity index (χ1v) is 12.5. The molecular formula is C31H28F3NO4. The number of allylic oxidation sites excluding steroid dienone is 1. The van der Waals surface area contributed by atoms with Crippen LogP contribution in [0.15, 0.2) is 78.9 Å². The number of amides is 2. The molecule has 2 amide bonds. The molecule has 0 radical (unpaired) electrons. The number of ether oxygens (including phenoxy) is 1. The van der Waals surface area contributed by atoms with E-state index in [1.165, 1.54) is 12.1 Å². The summed E-state index contributed by atoms with van der Waals surface area (Å²) in [4.78, 5) is 39.7. The summed E-state index contributed by atoms with van der Waals surface area (Å²) in [5, 5.41) is 0. The fourth-order valence-electron chi connectivity index (χ4n) is 4.64. The molecule has 0 aliphatic carbocycles. The van der Waals surface area contributed by atoms with Gasteiger partial charge in [-0.25, -0.2) is 9.69 Å². The first-order valence-electron chi connectivity index (χ1n) is 12.5. The third kappa shape index (κ3) is 6.11. The molecule has 0 aromatic heterocycles. The summed E-state index contributed by atoms with van der Waals surface area (Å²) in [6.07, 6.45) is -4.38. The maximum atomic E-state index is 13.9. The predicted molar refractivity (Wildman–Crippen MR) is 143 cm³/mol. The number of halogens is 3. The zero-order chi connectivity index (χ0) is 28.4. The molecule has 1 atom stereocenters. The number of carbonyl (C=O) groups is 3. The Balaban J connectivity index is 1.85. The number of nitrogens with zero attached hydrogens (tertiary/aromatic N) is 1. The smallest absolute Gasteiger partial charge is 0.422 e. The van der Waals surface area contributed by atoms with Crippen molar-refractivity contribution in [2.45, 2.75) is 51.3 Å². The number of benzene rings is 3. The van der Waals surface area contributed by atoms with E-state index in [0.29, 0.717) is 34.2 Å². The van der Waals surface area contributed by atoms with Crippen molar-refractivity contribution >= 4 is 35.1 Å². The minimum Gasteiger partial charge on any atom is -0.443 e. The quantitative estimate of drug-likeness (QED) is 0.240. The second-order valence-corrected chi connectivity index (χ2v) is 10.3. The van der Waals surface area contributed by atoms with Gasteiger partial charge in [-0.15, -0.1) is 0 Å². The Bertz CT molecular complexity index is 1400. The van der Waals surface area contributed by atoms with Crippen LogP contribution < -0.4 is 4.90 Å². The Morgan fingerprint density at radius 3 is 2.13 bits per heavy atom. The number of para-hydroxylation sites is 1. The van der Waals surface area contributed by atoms with E-state index < -0.39 is 35.3 Å². The lowest BCUT2D eigenvalue weighted by Gasteiger charge is -2.24. The normalized spacial score (nSPS) is 15.5. The summed E-state index contributed by atoms with van der Waals surface area (Å²) >= 11 is 0. The minimum atomic E-state index is -4.49. The van der Waals surface area contributed by atoms with E-state index in [4.69, 9.17) is 4.74 Å². The minimum absolute atomic E-state index is 0.0284. The van der Waals surface area contributed by atoms with Crippen molar-refractivity contribution in [2.24, 2.45) is 0 Å². The van der Waals surface area contributed by atoms with Gasteiger partial charge in [0.05, 0.1) is 16.8 Å². The standard InChI is InChI=1S/C31H28F3NO4/c1-30(2,3)39-29(38)35-26-12-8-7-11-24(26)27(28(35)37)25(21-9-5-4-6-10-21)19-22(17-18-36)20-13-15-23(16-14-20)31(32,33)34/h4-16,18,22H,17,19H2,1-3H3/b27-25+/t22-/m1/s1. The molecular weight excluding hydrogens is 507 g/mol. The van der Waals surface area contributed by atoms with E-state index >= 15 is 0 Å². The zero-order valence-corrected chi connectivity index (χ0v) is 21.8. The molecule has 202 valence electrons. The third-order valence-corrected chi connectivity index (χ3v) is 6.37. The van der Waals surface area contributed by atoms with Crippen molar-refractivity contribution in [3.8, 4) is 0 Å². The lowest BCUT2D eigenvalue weighted by atomic mass is 9.83. The van der Waals surface area contributed by atoms with Gasteiger partial charge in [0, 0.05) is 12.0 Å². The van der Waals surface area contributed by atoms with Crippen LogP contribution in [0.1, 0.15) is 61.8 Å². The highest BCUT2D eigenvalue weighted by Crippen LogP contribution is 2.45. The van der Waals surface area contributed by atoms with Crippen molar-refractivity contribution in [3.05, 3.63) is 101 Å². The Hall–Kier alpha value is -4.20. The molecule has 0 bridgehead atoms. The fraction of sp³-hybridized carbons (Fsp3) is 0.258. The molecule has 0 saturated heterocycles. The zero-order valence-electron chi connectivity index (χ0n) is 21.8. The van der Waals surface area contributed by atoms with Gasteiger partial charge in [-0.3, -0.25) is 4.79 Å². The van der Waals surface area contributed by atoms with Gasteiger partial charge in [-0.2, -0.15) is 13.2 Å². The molecule has 0 saturated carbocycles. The summed E-state index contributed by atoms with van der Waals surface area (Å²) < 4.78 is 45.0. The Kier molecular flexibility index (Phi) is 7.77. The number of hydrogen-bond donors (Lipinski definition) is 0. The molecule has 5 nitrogen and oxygen atoms in total. The maximum absolute atomic E-state index is 13.9. The highest BCUT2D eigenvalue weighted by molar-refractivity contribution is 6.42. The second kappa shape index (κ2) is 10.9. The van der Waals surface area contributed by atoms with Crippen LogP contribution in [0.3, 0.4) is 0 Å². The van der Waals surface area contributed by atoms with Crippen LogP contribution in [0, 0.1) is 0 Å². The Labute approximate surface area is 224 Å². The van der Waals surface area contributed by atoms with E-state index in [9.17, 15) is 27.6 Å². The van der Waals surface area contributed by atoms with E-state index in [1.807, 2.05) is 18.2 Å². The monoisotopic (exact) mass is 535 g/mol. The molecule has 0 unspecified atom stereocenters. The number of alkyl halides is 3. The van der Waals surface area contributed by atoms with Crippen LogP contribution in [0.2, 0.25) is 0 Å². The van der Waals surface area contributed by atoms with Crippen LogP contribution in [0.4, 0.5) is 23.7 Å². The number of fused-ring (bicyclic) bond motifs is 1. The molecule has 3 aromatic rings. The van der Waals surface area contributed by atoms with Gasteiger partial charge in [0.15, 0.2) is 0 Å². The lowest BCUT2D eigenvalue weighted by Crippen LogP contribution is -2.38. The van der Waals surface area contributed by atoms with Crippen LogP contribution in [-0.2, 0) is 20.5 Å². The topological polar surface area (TPSA) is 63.7 Å². The van der Waals surface area contributed by atoms with Crippen LogP contribution >= 0.6 is 0 Å². The van der Waals surface area contributed by atoms with Gasteiger partial charge in [0.1, 0.15) is 11.9 Å².